The van der Waals surface area contributed by atoms with Gasteiger partial charge in [-0.15, -0.1) is 0 Å². The van der Waals surface area contributed by atoms with Gasteiger partial charge in [-0.1, -0.05) is 32.8 Å². The monoisotopic (exact) mass is 439 g/mol. The first-order valence-corrected chi connectivity index (χ1v) is 12.9. The summed E-state index contributed by atoms with van der Waals surface area (Å²) >= 11 is 0. The highest BCUT2D eigenvalue weighted by molar-refractivity contribution is 5.84. The molecule has 0 heterocycles. The highest BCUT2D eigenvalue weighted by Crippen LogP contribution is 2.68. The number of ether oxygens (including phenoxy) is 1. The van der Waals surface area contributed by atoms with Crippen molar-refractivity contribution < 1.29 is 14.9 Å². The molecule has 4 aliphatic carbocycles. The molecule has 4 aliphatic rings. The van der Waals surface area contributed by atoms with Crippen LogP contribution in [0.4, 0.5) is 0 Å². The Hall–Kier alpha value is -1.55. The highest BCUT2D eigenvalue weighted by Gasteiger charge is 2.64. The second-order valence-corrected chi connectivity index (χ2v) is 11.8. The number of rotatable bonds is 4. The topological polar surface area (TPSA) is 62.0 Å². The number of hydrogen-bond acceptors (Lipinski definition) is 4. The van der Waals surface area contributed by atoms with Gasteiger partial charge in [0.05, 0.1) is 19.3 Å². The molecular formula is C28H41NO3. The quantitative estimate of drug-likeness (QED) is 0.567. The standard InChI is InChI=1S/C28H41NO3/c1-26-14-5-4-8-20(26)10-11-21-22(26)12-15-27(2)23(21)13-16-28(27,31)18-29-17-19-7-6-9-24(32-3)25(19)30/h6-7,9,17,20-23,30-31H,4-5,8,10-16,18H2,1-3H3/t20-,21-,22-,23+,26-,27-,28-/m0/s1. The molecule has 0 amide bonds. The molecule has 0 bridgehead atoms. The predicted molar refractivity (Wildman–Crippen MR) is 128 cm³/mol. The predicted octanol–water partition coefficient (Wildman–Crippen LogP) is 5.98. The number of phenolic OH excluding ortho intramolecular Hbond substituents is 1. The average molecular weight is 440 g/mol. The van der Waals surface area contributed by atoms with Gasteiger partial charge in [-0.3, -0.25) is 4.99 Å². The molecule has 4 nitrogen and oxygen atoms in total. The van der Waals surface area contributed by atoms with Gasteiger partial charge in [-0.05, 0) is 92.6 Å². The Bertz CT molecular complexity index is 883. The zero-order valence-electron chi connectivity index (χ0n) is 20.1. The van der Waals surface area contributed by atoms with E-state index in [1.807, 2.05) is 12.1 Å². The second-order valence-electron chi connectivity index (χ2n) is 11.8. The van der Waals surface area contributed by atoms with Gasteiger partial charge in [-0.2, -0.15) is 0 Å². The minimum absolute atomic E-state index is 0.0558. The zero-order chi connectivity index (χ0) is 22.6. The van der Waals surface area contributed by atoms with Crippen LogP contribution in [0.25, 0.3) is 0 Å². The van der Waals surface area contributed by atoms with E-state index < -0.39 is 5.60 Å². The molecule has 2 N–H and O–H groups in total. The average Bonchev–Trinajstić information content (AvgIpc) is 3.05. The van der Waals surface area contributed by atoms with Crippen molar-refractivity contribution in [2.45, 2.75) is 83.7 Å². The third kappa shape index (κ3) is 3.23. The molecule has 4 saturated carbocycles. The zero-order valence-corrected chi connectivity index (χ0v) is 20.1. The molecule has 4 heteroatoms. The normalized spacial score (nSPS) is 43.5. The molecule has 176 valence electrons. The van der Waals surface area contributed by atoms with Gasteiger partial charge in [0, 0.05) is 17.2 Å². The summed E-state index contributed by atoms with van der Waals surface area (Å²) in [7, 11) is 1.55. The molecular weight excluding hydrogens is 398 g/mol. The molecule has 5 rings (SSSR count). The summed E-state index contributed by atoms with van der Waals surface area (Å²) in [5.74, 6) is 3.73. The Morgan fingerprint density at radius 2 is 1.84 bits per heavy atom. The molecule has 1 aromatic rings. The van der Waals surface area contributed by atoms with E-state index in [9.17, 15) is 10.2 Å². The Labute approximate surface area is 193 Å². The van der Waals surface area contributed by atoms with Crippen LogP contribution in [0.15, 0.2) is 23.2 Å². The van der Waals surface area contributed by atoms with Crippen LogP contribution in [0.2, 0.25) is 0 Å². The van der Waals surface area contributed by atoms with Crippen molar-refractivity contribution >= 4 is 6.21 Å². The van der Waals surface area contributed by atoms with Crippen molar-refractivity contribution in [3.63, 3.8) is 0 Å². The van der Waals surface area contributed by atoms with Crippen molar-refractivity contribution in [1.29, 1.82) is 0 Å². The Kier molecular flexibility index (Phi) is 5.59. The van der Waals surface area contributed by atoms with E-state index in [4.69, 9.17) is 4.74 Å². The number of phenols is 1. The summed E-state index contributed by atoms with van der Waals surface area (Å²) in [6.07, 6.45) is 14.5. The lowest BCUT2D eigenvalue weighted by atomic mass is 9.44. The SMILES string of the molecule is COc1cccc(C=NC[C@@]2(O)CC[C@@H]3[C@H]4CC[C@@H]5CCCC[C@]5(C)[C@H]4CC[C@@]32C)c1O. The van der Waals surface area contributed by atoms with Crippen LogP contribution in [0.3, 0.4) is 0 Å². The summed E-state index contributed by atoms with van der Waals surface area (Å²) in [4.78, 5) is 4.66. The Morgan fingerprint density at radius 3 is 2.66 bits per heavy atom. The van der Waals surface area contributed by atoms with Gasteiger partial charge in [0.15, 0.2) is 11.5 Å². The van der Waals surface area contributed by atoms with Crippen LogP contribution >= 0.6 is 0 Å². The van der Waals surface area contributed by atoms with E-state index in [1.54, 1.807) is 19.4 Å². The van der Waals surface area contributed by atoms with Gasteiger partial charge in [-0.25, -0.2) is 0 Å². The molecule has 0 saturated heterocycles. The Balaban J connectivity index is 1.34. The van der Waals surface area contributed by atoms with E-state index in [0.29, 0.717) is 29.2 Å². The maximum atomic E-state index is 11.9. The third-order valence-corrected chi connectivity index (χ3v) is 10.7. The first kappa shape index (κ1) is 22.3. The second kappa shape index (κ2) is 8.04. The van der Waals surface area contributed by atoms with Gasteiger partial charge in [0.25, 0.3) is 0 Å². The molecule has 0 spiro atoms. The molecule has 7 atom stereocenters. The van der Waals surface area contributed by atoms with Crippen LogP contribution in [0.5, 0.6) is 11.5 Å². The molecule has 4 fully saturated rings. The molecule has 0 aromatic heterocycles. The fourth-order valence-electron chi connectivity index (χ4n) is 8.77. The first-order valence-electron chi connectivity index (χ1n) is 12.9. The van der Waals surface area contributed by atoms with Gasteiger partial charge >= 0.3 is 0 Å². The van der Waals surface area contributed by atoms with Crippen LogP contribution in [-0.2, 0) is 0 Å². The number of hydrogen-bond donors (Lipinski definition) is 2. The lowest BCUT2D eigenvalue weighted by Crippen LogP contribution is -2.56. The fraction of sp³-hybridized carbons (Fsp3) is 0.750. The minimum atomic E-state index is -0.752. The number of aliphatic hydroxyl groups is 1. The maximum Gasteiger partial charge on any atom is 0.166 e. The van der Waals surface area contributed by atoms with Crippen molar-refractivity contribution in [3.05, 3.63) is 23.8 Å². The van der Waals surface area contributed by atoms with Gasteiger partial charge in [0.2, 0.25) is 0 Å². The lowest BCUT2D eigenvalue weighted by molar-refractivity contribution is -0.147. The molecule has 0 aliphatic heterocycles. The van der Waals surface area contributed by atoms with Crippen LogP contribution in [-0.4, -0.2) is 35.7 Å². The smallest absolute Gasteiger partial charge is 0.166 e. The molecule has 1 aromatic carbocycles. The summed E-state index contributed by atoms with van der Waals surface area (Å²) in [5, 5.41) is 22.2. The van der Waals surface area contributed by atoms with Crippen molar-refractivity contribution in [2.75, 3.05) is 13.7 Å². The van der Waals surface area contributed by atoms with Crippen LogP contribution < -0.4 is 4.74 Å². The number of nitrogens with zero attached hydrogens (tertiary/aromatic N) is 1. The van der Waals surface area contributed by atoms with E-state index in [-0.39, 0.29) is 11.2 Å². The lowest BCUT2D eigenvalue weighted by Gasteiger charge is -2.61. The van der Waals surface area contributed by atoms with Gasteiger partial charge in [0.1, 0.15) is 0 Å². The number of aliphatic imine (C=N–C) groups is 1. The summed E-state index contributed by atoms with van der Waals surface area (Å²) in [5.41, 5.74) is 0.364. The molecule has 0 unspecified atom stereocenters. The molecule has 0 radical (unpaired) electrons. The maximum absolute atomic E-state index is 11.9. The van der Waals surface area contributed by atoms with E-state index in [0.717, 1.165) is 37.0 Å². The van der Waals surface area contributed by atoms with E-state index >= 15 is 0 Å². The highest BCUT2D eigenvalue weighted by atomic mass is 16.5. The fourth-order valence-corrected chi connectivity index (χ4v) is 8.77. The van der Waals surface area contributed by atoms with E-state index in [2.05, 4.69) is 18.8 Å². The number of para-hydroxylation sites is 1. The number of methoxy groups -OCH3 is 1. The van der Waals surface area contributed by atoms with Crippen molar-refractivity contribution in [2.24, 2.45) is 39.5 Å². The van der Waals surface area contributed by atoms with Crippen LogP contribution in [0.1, 0.15) is 83.6 Å². The van der Waals surface area contributed by atoms with Crippen molar-refractivity contribution in [3.8, 4) is 11.5 Å². The van der Waals surface area contributed by atoms with Crippen molar-refractivity contribution in [1.82, 2.24) is 0 Å². The number of aromatic hydroxyl groups is 1. The first-order chi connectivity index (χ1) is 15.3. The van der Waals surface area contributed by atoms with E-state index in [1.165, 1.54) is 44.9 Å². The number of benzene rings is 1. The van der Waals surface area contributed by atoms with Gasteiger partial charge < -0.3 is 14.9 Å². The third-order valence-electron chi connectivity index (χ3n) is 10.7. The summed E-state index contributed by atoms with van der Waals surface area (Å²) in [6, 6.07) is 5.42. The largest absolute Gasteiger partial charge is 0.504 e. The molecule has 32 heavy (non-hydrogen) atoms. The minimum Gasteiger partial charge on any atom is -0.504 e. The number of fused-ring (bicyclic) bond motifs is 5. The summed E-state index contributed by atoms with van der Waals surface area (Å²) < 4.78 is 5.21. The summed E-state index contributed by atoms with van der Waals surface area (Å²) in [6.45, 7) is 5.38. The Morgan fingerprint density at radius 1 is 1.03 bits per heavy atom. The van der Waals surface area contributed by atoms with Crippen LogP contribution in [0, 0.1) is 34.5 Å².